The standard InChI is InChI=1S/C12H15BO2.C2H6/c1-3-11(9-10(2)13(14)15)12-7-5-4-6-8-12;1-2/h3-9,14-15H,1-2H3;1-2H3/b10-9+,11-3+;. The summed E-state index contributed by atoms with van der Waals surface area (Å²) in [6, 6.07) is 9.84. The van der Waals surface area contributed by atoms with Gasteiger partial charge >= 0.3 is 7.12 Å². The molecule has 1 aromatic rings. The van der Waals surface area contributed by atoms with Crippen molar-refractivity contribution in [2.24, 2.45) is 0 Å². The Morgan fingerprint density at radius 2 is 1.65 bits per heavy atom. The average molecular weight is 232 g/mol. The fourth-order valence-corrected chi connectivity index (χ4v) is 1.28. The first-order valence-electron chi connectivity index (χ1n) is 5.91. The lowest BCUT2D eigenvalue weighted by Crippen LogP contribution is -2.12. The maximum absolute atomic E-state index is 8.97. The van der Waals surface area contributed by atoms with Crippen molar-refractivity contribution in [1.82, 2.24) is 0 Å². The SMILES string of the molecule is C/C=C(\C=C(/C)B(O)O)c1ccccc1.CC. The van der Waals surface area contributed by atoms with Gasteiger partial charge in [0.2, 0.25) is 0 Å². The Kier molecular flexibility index (Phi) is 8.11. The van der Waals surface area contributed by atoms with Gasteiger partial charge in [-0.2, -0.15) is 0 Å². The molecule has 0 saturated heterocycles. The van der Waals surface area contributed by atoms with Gasteiger partial charge in [0.25, 0.3) is 0 Å². The molecule has 0 spiro atoms. The van der Waals surface area contributed by atoms with Crippen LogP contribution < -0.4 is 0 Å². The van der Waals surface area contributed by atoms with E-state index in [0.717, 1.165) is 11.1 Å². The fourth-order valence-electron chi connectivity index (χ4n) is 1.28. The van der Waals surface area contributed by atoms with Crippen molar-refractivity contribution in [2.45, 2.75) is 27.7 Å². The zero-order chi connectivity index (χ0) is 13.3. The van der Waals surface area contributed by atoms with E-state index in [4.69, 9.17) is 10.0 Å². The Bertz CT molecular complexity index is 367. The number of hydrogen-bond acceptors (Lipinski definition) is 2. The van der Waals surface area contributed by atoms with Gasteiger partial charge in [-0.1, -0.05) is 56.3 Å². The third-order valence-electron chi connectivity index (χ3n) is 2.21. The molecular weight excluding hydrogens is 211 g/mol. The molecule has 92 valence electrons. The molecule has 3 heteroatoms. The second kappa shape index (κ2) is 8.79. The van der Waals surface area contributed by atoms with Gasteiger partial charge in [0.1, 0.15) is 0 Å². The highest BCUT2D eigenvalue weighted by Crippen LogP contribution is 2.17. The van der Waals surface area contributed by atoms with E-state index in [2.05, 4.69) is 0 Å². The molecule has 0 atom stereocenters. The van der Waals surface area contributed by atoms with E-state index in [1.54, 1.807) is 13.0 Å². The molecule has 2 nitrogen and oxygen atoms in total. The van der Waals surface area contributed by atoms with Gasteiger partial charge in [-0.05, 0) is 30.5 Å². The second-order valence-electron chi connectivity index (χ2n) is 3.37. The highest BCUT2D eigenvalue weighted by molar-refractivity contribution is 6.50. The van der Waals surface area contributed by atoms with Crippen LogP contribution in [0.15, 0.2) is 48.0 Å². The zero-order valence-corrected chi connectivity index (χ0v) is 11.0. The van der Waals surface area contributed by atoms with Crippen LogP contribution in [-0.2, 0) is 0 Å². The Labute approximate surface area is 104 Å². The van der Waals surface area contributed by atoms with Crippen molar-refractivity contribution in [3.05, 3.63) is 53.5 Å². The third-order valence-corrected chi connectivity index (χ3v) is 2.21. The maximum Gasteiger partial charge on any atom is 0.483 e. The second-order valence-corrected chi connectivity index (χ2v) is 3.37. The largest absolute Gasteiger partial charge is 0.483 e. The van der Waals surface area contributed by atoms with Gasteiger partial charge in [-0.15, -0.1) is 0 Å². The van der Waals surface area contributed by atoms with Crippen molar-refractivity contribution in [2.75, 3.05) is 0 Å². The predicted octanol–water partition coefficient (Wildman–Crippen LogP) is 3.07. The van der Waals surface area contributed by atoms with E-state index in [1.807, 2.05) is 57.2 Å². The number of rotatable bonds is 3. The van der Waals surface area contributed by atoms with Crippen molar-refractivity contribution in [3.8, 4) is 0 Å². The van der Waals surface area contributed by atoms with Crippen LogP contribution in [-0.4, -0.2) is 17.2 Å². The molecular formula is C14H21BO2. The van der Waals surface area contributed by atoms with E-state index < -0.39 is 7.12 Å². The van der Waals surface area contributed by atoms with E-state index in [9.17, 15) is 0 Å². The molecule has 0 saturated carbocycles. The summed E-state index contributed by atoms with van der Waals surface area (Å²) in [6.07, 6.45) is 3.72. The zero-order valence-electron chi connectivity index (χ0n) is 11.0. The van der Waals surface area contributed by atoms with Crippen LogP contribution in [0.3, 0.4) is 0 Å². The van der Waals surface area contributed by atoms with Gasteiger partial charge in [-0.25, -0.2) is 0 Å². The van der Waals surface area contributed by atoms with Gasteiger partial charge < -0.3 is 10.0 Å². The maximum atomic E-state index is 8.97. The molecule has 0 bridgehead atoms. The number of hydrogen-bond donors (Lipinski definition) is 2. The Hall–Kier alpha value is -1.32. The van der Waals surface area contributed by atoms with E-state index in [0.29, 0.717) is 5.47 Å². The summed E-state index contributed by atoms with van der Waals surface area (Å²) in [5, 5.41) is 17.9. The molecule has 0 aromatic heterocycles. The average Bonchev–Trinajstić information content (AvgIpc) is 2.38. The van der Waals surface area contributed by atoms with Gasteiger partial charge in [0, 0.05) is 0 Å². The lowest BCUT2D eigenvalue weighted by Gasteiger charge is -2.04. The molecule has 2 N–H and O–H groups in total. The van der Waals surface area contributed by atoms with E-state index in [1.165, 1.54) is 0 Å². The summed E-state index contributed by atoms with van der Waals surface area (Å²) in [6.45, 7) is 7.62. The van der Waals surface area contributed by atoms with Crippen LogP contribution in [0.2, 0.25) is 0 Å². The van der Waals surface area contributed by atoms with Gasteiger partial charge in [0.05, 0.1) is 0 Å². The van der Waals surface area contributed by atoms with E-state index in [-0.39, 0.29) is 0 Å². The monoisotopic (exact) mass is 232 g/mol. The summed E-state index contributed by atoms with van der Waals surface area (Å²) in [5.74, 6) is 0. The lowest BCUT2D eigenvalue weighted by atomic mass is 9.79. The molecule has 0 fully saturated rings. The summed E-state index contributed by atoms with van der Waals surface area (Å²) in [5.41, 5.74) is 2.59. The molecule has 0 aliphatic rings. The van der Waals surface area contributed by atoms with Crippen LogP contribution in [0.1, 0.15) is 33.3 Å². The van der Waals surface area contributed by atoms with Crippen LogP contribution in [0, 0.1) is 0 Å². The molecule has 17 heavy (non-hydrogen) atoms. The Morgan fingerprint density at radius 1 is 1.12 bits per heavy atom. The Balaban J connectivity index is 0.00000121. The Morgan fingerprint density at radius 3 is 2.06 bits per heavy atom. The third kappa shape index (κ3) is 5.52. The smallest absolute Gasteiger partial charge is 0.423 e. The molecule has 0 radical (unpaired) electrons. The lowest BCUT2D eigenvalue weighted by molar-refractivity contribution is 0.419. The molecule has 0 unspecified atom stereocenters. The number of benzene rings is 1. The molecule has 0 heterocycles. The molecule has 1 rings (SSSR count). The predicted molar refractivity (Wildman–Crippen MR) is 75.4 cm³/mol. The number of allylic oxidation sites excluding steroid dienone is 4. The molecule has 0 amide bonds. The van der Waals surface area contributed by atoms with Crippen molar-refractivity contribution >= 4 is 12.7 Å². The first kappa shape index (κ1) is 15.7. The van der Waals surface area contributed by atoms with Gasteiger partial charge in [0.15, 0.2) is 0 Å². The molecule has 1 aromatic carbocycles. The summed E-state index contributed by atoms with van der Waals surface area (Å²) in [7, 11) is -1.39. The molecule has 0 aliphatic heterocycles. The first-order valence-corrected chi connectivity index (χ1v) is 5.91. The van der Waals surface area contributed by atoms with Crippen LogP contribution in [0.5, 0.6) is 0 Å². The van der Waals surface area contributed by atoms with Crippen LogP contribution >= 0.6 is 0 Å². The summed E-state index contributed by atoms with van der Waals surface area (Å²) < 4.78 is 0. The van der Waals surface area contributed by atoms with Crippen molar-refractivity contribution in [3.63, 3.8) is 0 Å². The van der Waals surface area contributed by atoms with Crippen molar-refractivity contribution in [1.29, 1.82) is 0 Å². The van der Waals surface area contributed by atoms with Crippen molar-refractivity contribution < 1.29 is 10.0 Å². The van der Waals surface area contributed by atoms with E-state index >= 15 is 0 Å². The fraction of sp³-hybridized carbons (Fsp3) is 0.286. The topological polar surface area (TPSA) is 40.5 Å². The highest BCUT2D eigenvalue weighted by Gasteiger charge is 2.09. The van der Waals surface area contributed by atoms with Gasteiger partial charge in [-0.3, -0.25) is 0 Å². The first-order chi connectivity index (χ1) is 8.15. The summed E-state index contributed by atoms with van der Waals surface area (Å²) in [4.78, 5) is 0. The normalized spacial score (nSPS) is 11.6. The highest BCUT2D eigenvalue weighted by atomic mass is 16.4. The minimum Gasteiger partial charge on any atom is -0.423 e. The molecule has 0 aliphatic carbocycles. The quantitative estimate of drug-likeness (QED) is 0.621. The minimum absolute atomic E-state index is 0.534. The summed E-state index contributed by atoms with van der Waals surface area (Å²) >= 11 is 0. The van der Waals surface area contributed by atoms with Crippen LogP contribution in [0.4, 0.5) is 0 Å². The minimum atomic E-state index is -1.39. The van der Waals surface area contributed by atoms with Crippen LogP contribution in [0.25, 0.3) is 5.57 Å².